The third-order valence-electron chi connectivity index (χ3n) is 4.83. The molecule has 0 saturated carbocycles. The van der Waals surface area contributed by atoms with Crippen LogP contribution in [0.3, 0.4) is 0 Å². The number of carbonyl (C=O) groups excluding carboxylic acids is 1. The molecule has 1 aliphatic rings. The molecule has 0 spiro atoms. The fourth-order valence-corrected chi connectivity index (χ4v) is 3.18. The Morgan fingerprint density at radius 3 is 2.58 bits per heavy atom. The van der Waals surface area contributed by atoms with E-state index in [1.165, 1.54) is 4.90 Å². The van der Waals surface area contributed by atoms with Crippen molar-refractivity contribution in [2.75, 3.05) is 21.3 Å². The van der Waals surface area contributed by atoms with E-state index >= 15 is 0 Å². The molecule has 1 atom stereocenters. The van der Waals surface area contributed by atoms with Crippen molar-refractivity contribution in [3.63, 3.8) is 0 Å². The lowest BCUT2D eigenvalue weighted by molar-refractivity contribution is -0.129. The highest BCUT2D eigenvalue weighted by atomic mass is 16.5. The van der Waals surface area contributed by atoms with Crippen LogP contribution in [0, 0.1) is 5.41 Å². The van der Waals surface area contributed by atoms with Crippen LogP contribution in [0.4, 0.5) is 0 Å². The molecule has 136 valence electrons. The molecule has 0 aliphatic carbocycles. The van der Waals surface area contributed by atoms with Gasteiger partial charge in [0, 0.05) is 12.6 Å². The quantitative estimate of drug-likeness (QED) is 0.886. The van der Waals surface area contributed by atoms with Gasteiger partial charge < -0.3 is 14.8 Å². The molecule has 1 saturated heterocycles. The lowest BCUT2D eigenvalue weighted by atomic mass is 9.85. The number of hydrogen-bond donors (Lipinski definition) is 2. The van der Waals surface area contributed by atoms with Crippen LogP contribution in [0.1, 0.15) is 18.9 Å². The highest BCUT2D eigenvalue weighted by molar-refractivity contribution is 5.99. The second-order valence-corrected chi connectivity index (χ2v) is 6.58. The summed E-state index contributed by atoms with van der Waals surface area (Å²) < 4.78 is 10.8. The fraction of sp³-hybridized carbons (Fsp3) is 0.300. The average Bonchev–Trinajstić information content (AvgIpc) is 2.65. The Morgan fingerprint density at radius 1 is 1.15 bits per heavy atom. The Morgan fingerprint density at radius 2 is 1.92 bits per heavy atom. The summed E-state index contributed by atoms with van der Waals surface area (Å²) in [4.78, 5) is 13.6. The van der Waals surface area contributed by atoms with Crippen molar-refractivity contribution >= 4 is 11.9 Å². The number of methoxy groups -OCH3 is 2. The molecule has 6 heteroatoms. The van der Waals surface area contributed by atoms with E-state index in [0.717, 1.165) is 28.2 Å². The monoisotopic (exact) mass is 353 g/mol. The highest BCUT2D eigenvalue weighted by Crippen LogP contribution is 2.36. The minimum absolute atomic E-state index is 0.0828. The zero-order valence-electron chi connectivity index (χ0n) is 15.4. The minimum Gasteiger partial charge on any atom is -0.497 e. The van der Waals surface area contributed by atoms with Gasteiger partial charge in [0.25, 0.3) is 0 Å². The molecule has 2 aromatic rings. The Balaban J connectivity index is 2.04. The summed E-state index contributed by atoms with van der Waals surface area (Å²) in [5.41, 5.74) is 2.17. The standard InChI is InChI=1S/C20H23N3O3/c1-20(12-18(24)23(2)19(21)22-20)14-7-5-6-13(10-14)16-11-15(25-3)8-9-17(16)26-4/h5-11H,12H2,1-4H3,(H2,21,22)/t20-/m0/s1. The molecule has 0 bridgehead atoms. The first-order valence-electron chi connectivity index (χ1n) is 8.34. The van der Waals surface area contributed by atoms with E-state index in [2.05, 4.69) is 5.32 Å². The van der Waals surface area contributed by atoms with E-state index in [4.69, 9.17) is 14.9 Å². The molecule has 0 aromatic heterocycles. The van der Waals surface area contributed by atoms with Gasteiger partial charge >= 0.3 is 0 Å². The summed E-state index contributed by atoms with van der Waals surface area (Å²) >= 11 is 0. The molecule has 26 heavy (non-hydrogen) atoms. The van der Waals surface area contributed by atoms with Gasteiger partial charge in [-0.05, 0) is 42.3 Å². The van der Waals surface area contributed by atoms with Crippen molar-refractivity contribution in [3.8, 4) is 22.6 Å². The van der Waals surface area contributed by atoms with Gasteiger partial charge in [0.1, 0.15) is 11.5 Å². The number of carbonyl (C=O) groups is 1. The fourth-order valence-electron chi connectivity index (χ4n) is 3.18. The highest BCUT2D eigenvalue weighted by Gasteiger charge is 2.37. The number of nitrogens with one attached hydrogen (secondary N) is 2. The summed E-state index contributed by atoms with van der Waals surface area (Å²) in [6.45, 7) is 1.94. The van der Waals surface area contributed by atoms with Crippen molar-refractivity contribution in [1.29, 1.82) is 5.41 Å². The van der Waals surface area contributed by atoms with E-state index in [1.54, 1.807) is 21.3 Å². The van der Waals surface area contributed by atoms with Crippen molar-refractivity contribution in [2.45, 2.75) is 18.9 Å². The van der Waals surface area contributed by atoms with Gasteiger partial charge in [-0.2, -0.15) is 0 Å². The molecular weight excluding hydrogens is 330 g/mol. The maximum atomic E-state index is 12.2. The molecular formula is C20H23N3O3. The Hall–Kier alpha value is -3.02. The zero-order valence-corrected chi connectivity index (χ0v) is 15.4. The summed E-state index contributed by atoms with van der Waals surface area (Å²) in [5, 5.41) is 11.2. The number of nitrogens with zero attached hydrogens (tertiary/aromatic N) is 1. The number of guanidine groups is 1. The van der Waals surface area contributed by atoms with Crippen molar-refractivity contribution in [1.82, 2.24) is 10.2 Å². The second kappa shape index (κ2) is 6.71. The largest absolute Gasteiger partial charge is 0.497 e. The molecule has 0 radical (unpaired) electrons. The van der Waals surface area contributed by atoms with Crippen molar-refractivity contribution < 1.29 is 14.3 Å². The van der Waals surface area contributed by atoms with Crippen LogP contribution >= 0.6 is 0 Å². The Bertz CT molecular complexity index is 845. The molecule has 1 amide bonds. The third kappa shape index (κ3) is 3.10. The SMILES string of the molecule is COc1ccc(OC)c(-c2cccc([C@]3(C)CC(=O)N(C)C(=N)N3)c2)c1. The van der Waals surface area contributed by atoms with E-state index in [9.17, 15) is 4.79 Å². The van der Waals surface area contributed by atoms with Crippen molar-refractivity contribution in [2.24, 2.45) is 0 Å². The predicted octanol–water partition coefficient (Wildman–Crippen LogP) is 2.97. The number of ether oxygens (including phenoxy) is 2. The lowest BCUT2D eigenvalue weighted by Gasteiger charge is -2.39. The first-order chi connectivity index (χ1) is 12.4. The normalized spacial score (nSPS) is 19.9. The summed E-state index contributed by atoms with van der Waals surface area (Å²) in [5.74, 6) is 1.51. The van der Waals surface area contributed by atoms with Gasteiger partial charge in [-0.3, -0.25) is 15.1 Å². The van der Waals surface area contributed by atoms with Crippen LogP contribution in [-0.4, -0.2) is 38.0 Å². The van der Waals surface area contributed by atoms with Crippen LogP contribution in [-0.2, 0) is 10.3 Å². The lowest BCUT2D eigenvalue weighted by Crippen LogP contribution is -2.58. The maximum absolute atomic E-state index is 12.2. The van der Waals surface area contributed by atoms with E-state index in [0.29, 0.717) is 0 Å². The van der Waals surface area contributed by atoms with Crippen LogP contribution in [0.25, 0.3) is 11.1 Å². The predicted molar refractivity (Wildman–Crippen MR) is 101 cm³/mol. The maximum Gasteiger partial charge on any atom is 0.231 e. The second-order valence-electron chi connectivity index (χ2n) is 6.58. The summed E-state index contributed by atoms with van der Waals surface area (Å²) in [7, 11) is 4.87. The van der Waals surface area contributed by atoms with Crippen LogP contribution < -0.4 is 14.8 Å². The Labute approximate surface area is 153 Å². The average molecular weight is 353 g/mol. The number of benzene rings is 2. The molecule has 2 N–H and O–H groups in total. The molecule has 2 aromatic carbocycles. The van der Waals surface area contributed by atoms with Crippen LogP contribution in [0.5, 0.6) is 11.5 Å². The van der Waals surface area contributed by atoms with Gasteiger partial charge in [0.15, 0.2) is 5.96 Å². The van der Waals surface area contributed by atoms with Gasteiger partial charge in [0.2, 0.25) is 5.91 Å². The number of hydrogen-bond acceptors (Lipinski definition) is 4. The van der Waals surface area contributed by atoms with Crippen LogP contribution in [0.2, 0.25) is 0 Å². The molecule has 1 heterocycles. The summed E-state index contributed by atoms with van der Waals surface area (Å²) in [6.07, 6.45) is 0.282. The van der Waals surface area contributed by atoms with Gasteiger partial charge in [0.05, 0.1) is 26.2 Å². The number of amides is 1. The van der Waals surface area contributed by atoms with E-state index in [-0.39, 0.29) is 18.3 Å². The minimum atomic E-state index is -0.636. The van der Waals surface area contributed by atoms with Gasteiger partial charge in [-0.25, -0.2) is 0 Å². The number of rotatable bonds is 4. The smallest absolute Gasteiger partial charge is 0.231 e. The molecule has 0 unspecified atom stereocenters. The third-order valence-corrected chi connectivity index (χ3v) is 4.83. The van der Waals surface area contributed by atoms with Gasteiger partial charge in [-0.1, -0.05) is 18.2 Å². The summed E-state index contributed by atoms with van der Waals surface area (Å²) in [6, 6.07) is 13.6. The topological polar surface area (TPSA) is 74.7 Å². The van der Waals surface area contributed by atoms with Crippen molar-refractivity contribution in [3.05, 3.63) is 48.0 Å². The molecule has 3 rings (SSSR count). The molecule has 1 aliphatic heterocycles. The zero-order chi connectivity index (χ0) is 18.9. The van der Waals surface area contributed by atoms with Crippen LogP contribution in [0.15, 0.2) is 42.5 Å². The molecule has 1 fully saturated rings. The van der Waals surface area contributed by atoms with Gasteiger partial charge in [-0.15, -0.1) is 0 Å². The Kier molecular flexibility index (Phi) is 4.59. The van der Waals surface area contributed by atoms with E-state index in [1.807, 2.05) is 49.4 Å². The van der Waals surface area contributed by atoms with E-state index < -0.39 is 5.54 Å². The first-order valence-corrected chi connectivity index (χ1v) is 8.34. The molecule has 6 nitrogen and oxygen atoms in total. The first kappa shape index (κ1) is 17.8.